The van der Waals surface area contributed by atoms with E-state index in [4.69, 9.17) is 0 Å². The van der Waals surface area contributed by atoms with Crippen LogP contribution in [0.3, 0.4) is 0 Å². The minimum atomic E-state index is 0.191. The molecule has 1 saturated heterocycles. The summed E-state index contributed by atoms with van der Waals surface area (Å²) in [5.74, 6) is 0.191. The summed E-state index contributed by atoms with van der Waals surface area (Å²) in [5, 5.41) is 3.18. The van der Waals surface area contributed by atoms with Gasteiger partial charge in [0.15, 0.2) is 0 Å². The van der Waals surface area contributed by atoms with Gasteiger partial charge in [0.05, 0.1) is 0 Å². The Balaban J connectivity index is 0.000000461. The van der Waals surface area contributed by atoms with Crippen LogP contribution in [0.1, 0.15) is 6.92 Å². The molecule has 11 heavy (non-hydrogen) atoms. The van der Waals surface area contributed by atoms with Crippen LogP contribution in [0.25, 0.3) is 0 Å². The van der Waals surface area contributed by atoms with Crippen LogP contribution >= 0.6 is 0 Å². The second-order valence-corrected chi connectivity index (χ2v) is 2.26. The van der Waals surface area contributed by atoms with Crippen LogP contribution in [0, 0.1) is 0 Å². The minimum Gasteiger partial charge on any atom is -0.340 e. The lowest BCUT2D eigenvalue weighted by atomic mass is 10.4. The van der Waals surface area contributed by atoms with Gasteiger partial charge < -0.3 is 10.2 Å². The lowest BCUT2D eigenvalue weighted by molar-refractivity contribution is -0.129. The second kappa shape index (κ2) is 5.92. The molecule has 0 aromatic carbocycles. The fourth-order valence-electron chi connectivity index (χ4n) is 0.980. The van der Waals surface area contributed by atoms with Gasteiger partial charge in [-0.25, -0.2) is 0 Å². The van der Waals surface area contributed by atoms with Gasteiger partial charge in [0, 0.05) is 33.1 Å². The average molecular weight is 156 g/mol. The zero-order valence-electron chi connectivity index (χ0n) is 7.10. The van der Waals surface area contributed by atoms with Crippen molar-refractivity contribution in [3.05, 3.63) is 13.2 Å². The predicted molar refractivity (Wildman–Crippen MR) is 46.4 cm³/mol. The molecule has 1 aliphatic heterocycles. The van der Waals surface area contributed by atoms with E-state index in [1.54, 1.807) is 6.92 Å². The van der Waals surface area contributed by atoms with E-state index in [1.165, 1.54) is 0 Å². The van der Waals surface area contributed by atoms with E-state index < -0.39 is 0 Å². The molecular weight excluding hydrogens is 140 g/mol. The zero-order valence-corrected chi connectivity index (χ0v) is 7.10. The highest BCUT2D eigenvalue weighted by Gasteiger charge is 2.10. The molecule has 0 radical (unpaired) electrons. The van der Waals surface area contributed by atoms with Crippen LogP contribution in [0.15, 0.2) is 13.2 Å². The zero-order chi connectivity index (χ0) is 8.69. The molecule has 0 aromatic heterocycles. The van der Waals surface area contributed by atoms with Crippen molar-refractivity contribution in [2.75, 3.05) is 26.2 Å². The molecular formula is C8H16N2O. The highest BCUT2D eigenvalue weighted by Crippen LogP contribution is 1.90. The van der Waals surface area contributed by atoms with Crippen molar-refractivity contribution in [3.63, 3.8) is 0 Å². The quantitative estimate of drug-likeness (QED) is 0.510. The Morgan fingerprint density at radius 2 is 1.82 bits per heavy atom. The number of nitrogens with zero attached hydrogens (tertiary/aromatic N) is 1. The molecule has 0 unspecified atom stereocenters. The number of carbonyl (C=O) groups is 1. The molecule has 0 aliphatic carbocycles. The summed E-state index contributed by atoms with van der Waals surface area (Å²) < 4.78 is 0. The highest BCUT2D eigenvalue weighted by molar-refractivity contribution is 5.73. The van der Waals surface area contributed by atoms with E-state index in [1.807, 2.05) is 4.90 Å². The minimum absolute atomic E-state index is 0.191. The Labute approximate surface area is 68.1 Å². The van der Waals surface area contributed by atoms with Crippen molar-refractivity contribution in [3.8, 4) is 0 Å². The summed E-state index contributed by atoms with van der Waals surface area (Å²) in [4.78, 5) is 12.6. The van der Waals surface area contributed by atoms with E-state index in [0.717, 1.165) is 26.2 Å². The standard InChI is InChI=1S/C6H12N2O.C2H4/c1-6(9)8-4-2-7-3-5-8;1-2/h7H,2-5H2,1H3;1-2H2. The van der Waals surface area contributed by atoms with Gasteiger partial charge in [0.2, 0.25) is 5.91 Å². The number of hydrogen-bond donors (Lipinski definition) is 1. The first kappa shape index (κ1) is 10.2. The van der Waals surface area contributed by atoms with Crippen LogP contribution in [0.2, 0.25) is 0 Å². The number of rotatable bonds is 0. The van der Waals surface area contributed by atoms with Gasteiger partial charge in [-0.05, 0) is 0 Å². The average Bonchev–Trinajstić information content (AvgIpc) is 2.10. The van der Waals surface area contributed by atoms with Gasteiger partial charge in [-0.15, -0.1) is 13.2 Å². The largest absolute Gasteiger partial charge is 0.340 e. The summed E-state index contributed by atoms with van der Waals surface area (Å²) in [6.45, 7) is 11.2. The number of nitrogens with one attached hydrogen (secondary N) is 1. The van der Waals surface area contributed by atoms with E-state index in [0.29, 0.717) is 0 Å². The molecule has 1 amide bonds. The number of piperazine rings is 1. The van der Waals surface area contributed by atoms with E-state index in [-0.39, 0.29) is 5.91 Å². The normalized spacial score (nSPS) is 16.6. The summed E-state index contributed by atoms with van der Waals surface area (Å²) in [6, 6.07) is 0. The molecule has 0 spiro atoms. The van der Waals surface area contributed by atoms with Gasteiger partial charge >= 0.3 is 0 Å². The van der Waals surface area contributed by atoms with Crippen LogP contribution in [-0.4, -0.2) is 37.0 Å². The van der Waals surface area contributed by atoms with Crippen molar-refractivity contribution in [1.29, 1.82) is 0 Å². The Kier molecular flexibility index (Phi) is 5.47. The molecule has 64 valence electrons. The molecule has 1 N–H and O–H groups in total. The third kappa shape index (κ3) is 3.78. The van der Waals surface area contributed by atoms with Crippen molar-refractivity contribution < 1.29 is 4.79 Å². The van der Waals surface area contributed by atoms with E-state index >= 15 is 0 Å². The van der Waals surface area contributed by atoms with E-state index in [2.05, 4.69) is 18.5 Å². The maximum Gasteiger partial charge on any atom is 0.219 e. The lowest BCUT2D eigenvalue weighted by Gasteiger charge is -2.25. The van der Waals surface area contributed by atoms with Gasteiger partial charge in [0.1, 0.15) is 0 Å². The molecule has 1 rings (SSSR count). The predicted octanol–water partition coefficient (Wildman–Crippen LogP) is 0.240. The molecule has 1 heterocycles. The third-order valence-corrected chi connectivity index (χ3v) is 1.56. The molecule has 1 aliphatic rings. The molecule has 0 aromatic rings. The Bertz CT molecular complexity index is 119. The Morgan fingerprint density at radius 3 is 2.09 bits per heavy atom. The Morgan fingerprint density at radius 1 is 1.36 bits per heavy atom. The summed E-state index contributed by atoms with van der Waals surface area (Å²) in [5.41, 5.74) is 0. The van der Waals surface area contributed by atoms with Crippen LogP contribution in [0.4, 0.5) is 0 Å². The van der Waals surface area contributed by atoms with Crippen molar-refractivity contribution in [2.24, 2.45) is 0 Å². The highest BCUT2D eigenvalue weighted by atomic mass is 16.2. The SMILES string of the molecule is C=C.CC(=O)N1CCNCC1. The maximum atomic E-state index is 10.7. The molecule has 0 saturated carbocycles. The van der Waals surface area contributed by atoms with Crippen molar-refractivity contribution in [2.45, 2.75) is 6.92 Å². The van der Waals surface area contributed by atoms with Gasteiger partial charge in [-0.3, -0.25) is 4.79 Å². The van der Waals surface area contributed by atoms with Gasteiger partial charge in [0.25, 0.3) is 0 Å². The maximum absolute atomic E-state index is 10.7. The molecule has 0 bridgehead atoms. The fourth-order valence-corrected chi connectivity index (χ4v) is 0.980. The van der Waals surface area contributed by atoms with Crippen LogP contribution < -0.4 is 5.32 Å². The first-order chi connectivity index (χ1) is 5.30. The first-order valence-electron chi connectivity index (χ1n) is 3.77. The number of carbonyl (C=O) groups excluding carboxylic acids is 1. The molecule has 3 heteroatoms. The monoisotopic (exact) mass is 156 g/mol. The topological polar surface area (TPSA) is 32.3 Å². The van der Waals surface area contributed by atoms with Crippen molar-refractivity contribution in [1.82, 2.24) is 10.2 Å². The summed E-state index contributed by atoms with van der Waals surface area (Å²) >= 11 is 0. The first-order valence-corrected chi connectivity index (χ1v) is 3.77. The summed E-state index contributed by atoms with van der Waals surface area (Å²) in [7, 11) is 0. The van der Waals surface area contributed by atoms with E-state index in [9.17, 15) is 4.79 Å². The van der Waals surface area contributed by atoms with Crippen molar-refractivity contribution >= 4 is 5.91 Å². The number of hydrogen-bond acceptors (Lipinski definition) is 2. The fraction of sp³-hybridized carbons (Fsp3) is 0.625. The summed E-state index contributed by atoms with van der Waals surface area (Å²) in [6.07, 6.45) is 0. The lowest BCUT2D eigenvalue weighted by Crippen LogP contribution is -2.45. The Hall–Kier alpha value is -0.830. The van der Waals surface area contributed by atoms with Gasteiger partial charge in [-0.2, -0.15) is 0 Å². The molecule has 1 fully saturated rings. The molecule has 0 atom stereocenters. The number of amides is 1. The molecule has 3 nitrogen and oxygen atoms in total. The van der Waals surface area contributed by atoms with Gasteiger partial charge in [-0.1, -0.05) is 0 Å². The third-order valence-electron chi connectivity index (χ3n) is 1.56. The second-order valence-electron chi connectivity index (χ2n) is 2.26. The van der Waals surface area contributed by atoms with Crippen LogP contribution in [-0.2, 0) is 4.79 Å². The smallest absolute Gasteiger partial charge is 0.219 e. The van der Waals surface area contributed by atoms with Crippen LogP contribution in [0.5, 0.6) is 0 Å².